The Morgan fingerprint density at radius 1 is 1.23 bits per heavy atom. The summed E-state index contributed by atoms with van der Waals surface area (Å²) in [6, 6.07) is 5.89. The molecule has 2 aliphatic carbocycles. The van der Waals surface area contributed by atoms with Gasteiger partial charge < -0.3 is 5.11 Å². The van der Waals surface area contributed by atoms with Crippen LogP contribution < -0.4 is 4.90 Å². The Hall–Kier alpha value is -2.43. The van der Waals surface area contributed by atoms with Crippen LogP contribution in [0.3, 0.4) is 0 Å². The van der Waals surface area contributed by atoms with Crippen LogP contribution in [0.15, 0.2) is 36.4 Å². The van der Waals surface area contributed by atoms with E-state index in [0.29, 0.717) is 5.69 Å². The smallest absolute Gasteiger partial charge is 0.335 e. The standard InChI is InChI=1S/C17H15NO4/c1-17-11-5-2-10(8-11)13(17)14(19)18(16(17)22)12-6-3-9(4-7-12)15(20)21/h2-7,10-11,13H,8H2,1H3,(H,20,21)/t10-,11+,13+,17+/m0/s1. The Balaban J connectivity index is 1.74. The first-order valence-corrected chi connectivity index (χ1v) is 7.34. The maximum absolute atomic E-state index is 12.9. The summed E-state index contributed by atoms with van der Waals surface area (Å²) in [5.41, 5.74) is -0.0619. The van der Waals surface area contributed by atoms with Gasteiger partial charge in [-0.3, -0.25) is 9.59 Å². The Kier molecular flexibility index (Phi) is 2.45. The zero-order valence-corrected chi connectivity index (χ0v) is 12.0. The lowest BCUT2D eigenvalue weighted by atomic mass is 9.71. The van der Waals surface area contributed by atoms with Crippen molar-refractivity contribution in [1.29, 1.82) is 0 Å². The number of benzene rings is 1. The second kappa shape index (κ2) is 4.06. The van der Waals surface area contributed by atoms with Gasteiger partial charge in [0.1, 0.15) is 0 Å². The summed E-state index contributed by atoms with van der Waals surface area (Å²) < 4.78 is 0. The van der Waals surface area contributed by atoms with Crippen molar-refractivity contribution in [2.75, 3.05) is 4.90 Å². The van der Waals surface area contributed by atoms with E-state index in [9.17, 15) is 14.4 Å². The number of anilines is 1. The highest BCUT2D eigenvalue weighted by molar-refractivity contribution is 6.24. The predicted molar refractivity (Wildman–Crippen MR) is 78.2 cm³/mol. The molecular weight excluding hydrogens is 282 g/mol. The number of hydrogen-bond donors (Lipinski definition) is 1. The van der Waals surface area contributed by atoms with Gasteiger partial charge in [-0.1, -0.05) is 12.2 Å². The molecule has 1 saturated carbocycles. The van der Waals surface area contributed by atoms with E-state index in [1.807, 2.05) is 6.92 Å². The Morgan fingerprint density at radius 3 is 2.50 bits per heavy atom. The number of carbonyl (C=O) groups is 3. The van der Waals surface area contributed by atoms with E-state index in [4.69, 9.17) is 5.11 Å². The number of rotatable bonds is 2. The Bertz CT molecular complexity index is 736. The van der Waals surface area contributed by atoms with Gasteiger partial charge in [-0.05, 0) is 49.4 Å². The van der Waals surface area contributed by atoms with Gasteiger partial charge in [0.15, 0.2) is 0 Å². The van der Waals surface area contributed by atoms with Gasteiger partial charge in [0, 0.05) is 0 Å². The van der Waals surface area contributed by atoms with E-state index in [0.717, 1.165) is 6.42 Å². The number of amides is 2. The van der Waals surface area contributed by atoms with Crippen molar-refractivity contribution in [1.82, 2.24) is 0 Å². The average Bonchev–Trinajstić information content (AvgIpc) is 3.12. The minimum absolute atomic E-state index is 0.127. The van der Waals surface area contributed by atoms with Crippen LogP contribution in [0.25, 0.3) is 0 Å². The summed E-state index contributed by atoms with van der Waals surface area (Å²) in [6.45, 7) is 1.89. The quantitative estimate of drug-likeness (QED) is 0.670. The molecule has 112 valence electrons. The van der Waals surface area contributed by atoms with Crippen LogP contribution in [0.5, 0.6) is 0 Å². The fourth-order valence-electron chi connectivity index (χ4n) is 4.30. The summed E-state index contributed by atoms with van der Waals surface area (Å²) >= 11 is 0. The molecule has 4 atom stereocenters. The van der Waals surface area contributed by atoms with Gasteiger partial charge in [-0.25, -0.2) is 9.69 Å². The molecule has 5 heteroatoms. The van der Waals surface area contributed by atoms with Gasteiger partial charge in [-0.2, -0.15) is 0 Å². The molecule has 2 bridgehead atoms. The number of fused-ring (bicyclic) bond motifs is 5. The molecule has 1 heterocycles. The molecule has 2 fully saturated rings. The van der Waals surface area contributed by atoms with Crippen LogP contribution in [0.2, 0.25) is 0 Å². The molecule has 1 aromatic rings. The number of aromatic carboxylic acids is 1. The fraction of sp³-hybridized carbons (Fsp3) is 0.353. The molecule has 1 aliphatic heterocycles. The van der Waals surface area contributed by atoms with E-state index in [-0.39, 0.29) is 35.1 Å². The molecule has 1 aromatic carbocycles. The lowest BCUT2D eigenvalue weighted by Gasteiger charge is -2.28. The lowest BCUT2D eigenvalue weighted by Crippen LogP contribution is -2.37. The molecule has 0 unspecified atom stereocenters. The third-order valence-electron chi connectivity index (χ3n) is 5.48. The molecule has 2 amide bonds. The zero-order chi connectivity index (χ0) is 15.6. The van der Waals surface area contributed by atoms with Crippen LogP contribution in [-0.2, 0) is 9.59 Å². The van der Waals surface area contributed by atoms with Crippen molar-refractivity contribution < 1.29 is 19.5 Å². The predicted octanol–water partition coefficient (Wildman–Crippen LogP) is 2.09. The SMILES string of the molecule is C[C@]12C(=O)N(c3ccc(C(=O)O)cc3)C(=O)[C@H]1[C@H]1C=C[C@@H]2C1. The van der Waals surface area contributed by atoms with Crippen molar-refractivity contribution in [3.63, 3.8) is 0 Å². The lowest BCUT2D eigenvalue weighted by molar-refractivity contribution is -0.127. The molecule has 5 nitrogen and oxygen atoms in total. The summed E-state index contributed by atoms with van der Waals surface area (Å²) in [6.07, 6.45) is 4.99. The Labute approximate surface area is 127 Å². The van der Waals surface area contributed by atoms with E-state index in [2.05, 4.69) is 12.2 Å². The van der Waals surface area contributed by atoms with Gasteiger partial charge >= 0.3 is 5.97 Å². The third kappa shape index (κ3) is 1.41. The third-order valence-corrected chi connectivity index (χ3v) is 5.48. The summed E-state index contributed by atoms with van der Waals surface area (Å²) in [5.74, 6) is -1.36. The maximum atomic E-state index is 12.9. The highest BCUT2D eigenvalue weighted by Crippen LogP contribution is 2.60. The van der Waals surface area contributed by atoms with E-state index >= 15 is 0 Å². The molecule has 1 N–H and O–H groups in total. The molecule has 0 spiro atoms. The number of carboxylic acids is 1. The van der Waals surface area contributed by atoms with Gasteiger partial charge in [0.25, 0.3) is 0 Å². The minimum Gasteiger partial charge on any atom is -0.478 e. The normalized spacial score (nSPS) is 35.3. The number of carbonyl (C=O) groups excluding carboxylic acids is 2. The van der Waals surface area contributed by atoms with Crippen LogP contribution in [-0.4, -0.2) is 22.9 Å². The van der Waals surface area contributed by atoms with E-state index in [1.54, 1.807) is 0 Å². The monoisotopic (exact) mass is 297 g/mol. The van der Waals surface area contributed by atoms with Crippen LogP contribution >= 0.6 is 0 Å². The number of allylic oxidation sites excluding steroid dienone is 2. The fourth-order valence-corrected chi connectivity index (χ4v) is 4.30. The summed E-state index contributed by atoms with van der Waals surface area (Å²) in [7, 11) is 0. The van der Waals surface area contributed by atoms with E-state index in [1.165, 1.54) is 29.2 Å². The van der Waals surface area contributed by atoms with Crippen molar-refractivity contribution >= 4 is 23.5 Å². The second-order valence-electron chi connectivity index (χ2n) is 6.48. The van der Waals surface area contributed by atoms with Gasteiger partial charge in [0.2, 0.25) is 11.8 Å². The molecule has 3 aliphatic rings. The van der Waals surface area contributed by atoms with Gasteiger partial charge in [0.05, 0.1) is 22.6 Å². The van der Waals surface area contributed by atoms with Crippen molar-refractivity contribution in [3.8, 4) is 0 Å². The maximum Gasteiger partial charge on any atom is 0.335 e. The van der Waals surface area contributed by atoms with E-state index < -0.39 is 11.4 Å². The molecule has 4 rings (SSSR count). The highest BCUT2D eigenvalue weighted by atomic mass is 16.4. The van der Waals surface area contributed by atoms with Crippen molar-refractivity contribution in [2.24, 2.45) is 23.2 Å². The second-order valence-corrected chi connectivity index (χ2v) is 6.48. The summed E-state index contributed by atoms with van der Waals surface area (Å²) in [4.78, 5) is 37.8. The highest BCUT2D eigenvalue weighted by Gasteiger charge is 2.67. The van der Waals surface area contributed by atoms with Crippen molar-refractivity contribution in [2.45, 2.75) is 13.3 Å². The molecule has 1 saturated heterocycles. The molecule has 0 aromatic heterocycles. The van der Waals surface area contributed by atoms with Gasteiger partial charge in [-0.15, -0.1) is 0 Å². The summed E-state index contributed by atoms with van der Waals surface area (Å²) in [5, 5.41) is 8.94. The van der Waals surface area contributed by atoms with Crippen LogP contribution in [0, 0.1) is 23.2 Å². The van der Waals surface area contributed by atoms with Crippen LogP contribution in [0.1, 0.15) is 23.7 Å². The Morgan fingerprint density at radius 2 is 1.91 bits per heavy atom. The zero-order valence-electron chi connectivity index (χ0n) is 12.0. The van der Waals surface area contributed by atoms with Crippen molar-refractivity contribution in [3.05, 3.63) is 42.0 Å². The minimum atomic E-state index is -1.03. The topological polar surface area (TPSA) is 74.7 Å². The molecular formula is C17H15NO4. The number of carboxylic acid groups (broad SMARTS) is 1. The number of hydrogen-bond acceptors (Lipinski definition) is 3. The average molecular weight is 297 g/mol. The largest absolute Gasteiger partial charge is 0.478 e. The van der Waals surface area contributed by atoms with Crippen LogP contribution in [0.4, 0.5) is 5.69 Å². The molecule has 0 radical (unpaired) electrons. The number of imide groups is 1. The number of nitrogens with zero attached hydrogens (tertiary/aromatic N) is 1. The first-order valence-electron chi connectivity index (χ1n) is 7.34. The first-order chi connectivity index (χ1) is 10.4. The first kappa shape index (κ1) is 13.2. The molecule has 22 heavy (non-hydrogen) atoms.